The summed E-state index contributed by atoms with van der Waals surface area (Å²) >= 11 is 0. The summed E-state index contributed by atoms with van der Waals surface area (Å²) in [6.07, 6.45) is 6.19. The normalized spacial score (nSPS) is 20.1. The van der Waals surface area contributed by atoms with Crippen LogP contribution in [0.1, 0.15) is 12.8 Å². The summed E-state index contributed by atoms with van der Waals surface area (Å²) in [7, 11) is 0. The summed E-state index contributed by atoms with van der Waals surface area (Å²) in [5, 5.41) is 10.4. The highest BCUT2D eigenvalue weighted by atomic mass is 16.3. The summed E-state index contributed by atoms with van der Waals surface area (Å²) in [5.74, 6) is 0. The van der Waals surface area contributed by atoms with Crippen LogP contribution in [0.15, 0.2) is 35.1 Å². The average Bonchev–Trinajstić information content (AvgIpc) is 3.08. The van der Waals surface area contributed by atoms with Crippen LogP contribution >= 0.6 is 0 Å². The molecule has 18 heavy (non-hydrogen) atoms. The Morgan fingerprint density at radius 2 is 2.39 bits per heavy atom. The van der Waals surface area contributed by atoms with Crippen molar-refractivity contribution >= 4 is 21.9 Å². The molecule has 0 radical (unpaired) electrons. The first-order chi connectivity index (χ1) is 8.92. The van der Waals surface area contributed by atoms with Gasteiger partial charge in [0.1, 0.15) is 5.58 Å². The van der Waals surface area contributed by atoms with E-state index in [-0.39, 0.29) is 0 Å². The molecule has 4 rings (SSSR count). The summed E-state index contributed by atoms with van der Waals surface area (Å²) in [4.78, 5) is 0. The fourth-order valence-electron chi connectivity index (χ4n) is 2.89. The van der Waals surface area contributed by atoms with Gasteiger partial charge in [0.05, 0.1) is 24.5 Å². The molecule has 4 nitrogen and oxygen atoms in total. The number of nitrogens with one attached hydrogen (secondary N) is 1. The van der Waals surface area contributed by atoms with Crippen molar-refractivity contribution in [3.63, 3.8) is 0 Å². The third-order valence-electron chi connectivity index (χ3n) is 3.79. The predicted molar refractivity (Wildman–Crippen MR) is 70.5 cm³/mol. The number of rotatable bonds is 2. The van der Waals surface area contributed by atoms with Crippen molar-refractivity contribution in [2.45, 2.75) is 25.4 Å². The summed E-state index contributed by atoms with van der Waals surface area (Å²) in [6.45, 7) is 2.07. The molecule has 3 heterocycles. The number of furan rings is 1. The lowest BCUT2D eigenvalue weighted by molar-refractivity contribution is 0.487. The fraction of sp³-hybridized carbons (Fsp3) is 0.357. The van der Waals surface area contributed by atoms with E-state index in [9.17, 15) is 0 Å². The predicted octanol–water partition coefficient (Wildman–Crippen LogP) is 2.53. The molecular weight excluding hydrogens is 226 g/mol. The van der Waals surface area contributed by atoms with Gasteiger partial charge in [-0.25, -0.2) is 0 Å². The molecule has 1 saturated heterocycles. The van der Waals surface area contributed by atoms with E-state index in [1.165, 1.54) is 23.7 Å². The Kier molecular flexibility index (Phi) is 2.17. The molecule has 3 aromatic rings. The van der Waals surface area contributed by atoms with Gasteiger partial charge in [0.25, 0.3) is 0 Å². The molecule has 0 saturated carbocycles. The molecule has 4 heteroatoms. The van der Waals surface area contributed by atoms with Gasteiger partial charge in [-0.05, 0) is 37.6 Å². The van der Waals surface area contributed by atoms with Gasteiger partial charge in [0, 0.05) is 16.8 Å². The smallest absolute Gasteiger partial charge is 0.136 e. The van der Waals surface area contributed by atoms with Crippen LogP contribution in [0.5, 0.6) is 0 Å². The minimum Gasteiger partial charge on any atom is -0.464 e. The van der Waals surface area contributed by atoms with Crippen molar-refractivity contribution in [3.05, 3.63) is 30.7 Å². The first-order valence-corrected chi connectivity index (χ1v) is 6.47. The molecule has 0 bridgehead atoms. The summed E-state index contributed by atoms with van der Waals surface area (Å²) < 4.78 is 7.57. The van der Waals surface area contributed by atoms with Gasteiger partial charge < -0.3 is 9.73 Å². The van der Waals surface area contributed by atoms with E-state index in [1.54, 1.807) is 6.26 Å². The van der Waals surface area contributed by atoms with Crippen molar-refractivity contribution in [1.29, 1.82) is 0 Å². The number of benzene rings is 1. The van der Waals surface area contributed by atoms with E-state index in [2.05, 4.69) is 21.2 Å². The van der Waals surface area contributed by atoms with E-state index in [0.717, 1.165) is 24.1 Å². The minimum atomic E-state index is 0.551. The Morgan fingerprint density at radius 3 is 3.28 bits per heavy atom. The van der Waals surface area contributed by atoms with Crippen LogP contribution in [0, 0.1) is 0 Å². The second kappa shape index (κ2) is 3.85. The van der Waals surface area contributed by atoms with Crippen molar-refractivity contribution in [3.8, 4) is 0 Å². The van der Waals surface area contributed by atoms with Crippen molar-refractivity contribution in [2.24, 2.45) is 0 Å². The monoisotopic (exact) mass is 241 g/mol. The SMILES string of the molecule is c1cc2c(ccc3cnn(C[C@H]4CCCN4)c32)o1. The molecule has 1 aromatic carbocycles. The van der Waals surface area contributed by atoms with Gasteiger partial charge in [-0.2, -0.15) is 5.10 Å². The van der Waals surface area contributed by atoms with Crippen molar-refractivity contribution in [2.75, 3.05) is 6.54 Å². The Balaban J connectivity index is 1.86. The molecule has 92 valence electrons. The van der Waals surface area contributed by atoms with Crippen LogP contribution in [-0.2, 0) is 6.54 Å². The molecule has 0 amide bonds. The van der Waals surface area contributed by atoms with Gasteiger partial charge in [0.15, 0.2) is 0 Å². The Bertz CT molecular complexity index is 691. The molecule has 0 aliphatic carbocycles. The zero-order valence-electron chi connectivity index (χ0n) is 10.1. The highest BCUT2D eigenvalue weighted by Gasteiger charge is 2.17. The second-order valence-electron chi connectivity index (χ2n) is 4.96. The van der Waals surface area contributed by atoms with E-state index in [0.29, 0.717) is 6.04 Å². The quantitative estimate of drug-likeness (QED) is 0.749. The maximum Gasteiger partial charge on any atom is 0.136 e. The topological polar surface area (TPSA) is 43.0 Å². The molecule has 0 unspecified atom stereocenters. The zero-order valence-corrected chi connectivity index (χ0v) is 10.1. The Hall–Kier alpha value is -1.81. The lowest BCUT2D eigenvalue weighted by Gasteiger charge is -2.11. The molecule has 1 aliphatic rings. The molecule has 1 N–H and O–H groups in total. The lowest BCUT2D eigenvalue weighted by atomic mass is 10.2. The minimum absolute atomic E-state index is 0.551. The molecular formula is C14H15N3O. The van der Waals surface area contributed by atoms with E-state index >= 15 is 0 Å². The third-order valence-corrected chi connectivity index (χ3v) is 3.79. The van der Waals surface area contributed by atoms with Crippen LogP contribution in [0.2, 0.25) is 0 Å². The Labute approximate surface area is 105 Å². The molecule has 1 aliphatic heterocycles. The van der Waals surface area contributed by atoms with Crippen molar-refractivity contribution < 1.29 is 4.42 Å². The second-order valence-corrected chi connectivity index (χ2v) is 4.96. The van der Waals surface area contributed by atoms with Crippen LogP contribution in [0.25, 0.3) is 21.9 Å². The van der Waals surface area contributed by atoms with Crippen LogP contribution in [0.4, 0.5) is 0 Å². The van der Waals surface area contributed by atoms with Crippen LogP contribution in [0.3, 0.4) is 0 Å². The van der Waals surface area contributed by atoms with Gasteiger partial charge in [-0.15, -0.1) is 0 Å². The summed E-state index contributed by atoms with van der Waals surface area (Å²) in [6, 6.07) is 6.66. The maximum absolute atomic E-state index is 5.46. The van der Waals surface area contributed by atoms with E-state index < -0.39 is 0 Å². The number of nitrogens with zero attached hydrogens (tertiary/aromatic N) is 2. The van der Waals surface area contributed by atoms with Gasteiger partial charge in [-0.3, -0.25) is 4.68 Å². The Morgan fingerprint density at radius 1 is 1.39 bits per heavy atom. The van der Waals surface area contributed by atoms with Crippen molar-refractivity contribution in [1.82, 2.24) is 15.1 Å². The summed E-state index contributed by atoms with van der Waals surface area (Å²) in [5.41, 5.74) is 2.12. The highest BCUT2D eigenvalue weighted by molar-refractivity contribution is 6.03. The molecule has 2 aromatic heterocycles. The maximum atomic E-state index is 5.46. The first-order valence-electron chi connectivity index (χ1n) is 6.47. The fourth-order valence-corrected chi connectivity index (χ4v) is 2.89. The third kappa shape index (κ3) is 1.46. The molecule has 0 spiro atoms. The van der Waals surface area contributed by atoms with Crippen LogP contribution < -0.4 is 5.32 Å². The number of hydrogen-bond acceptors (Lipinski definition) is 3. The first kappa shape index (κ1) is 10.1. The largest absolute Gasteiger partial charge is 0.464 e. The van der Waals surface area contributed by atoms with Gasteiger partial charge in [-0.1, -0.05) is 0 Å². The van der Waals surface area contributed by atoms with E-state index in [4.69, 9.17) is 4.42 Å². The highest BCUT2D eigenvalue weighted by Crippen LogP contribution is 2.26. The van der Waals surface area contributed by atoms with Gasteiger partial charge >= 0.3 is 0 Å². The molecule has 1 atom stereocenters. The zero-order chi connectivity index (χ0) is 11.9. The standard InChI is InChI=1S/C14H15N3O/c1-2-11(15-6-1)9-17-14-10(8-16-17)3-4-13-12(14)5-7-18-13/h3-5,7-8,11,15H,1-2,6,9H2/t11-/m1/s1. The number of hydrogen-bond donors (Lipinski definition) is 1. The van der Waals surface area contributed by atoms with Gasteiger partial charge in [0.2, 0.25) is 0 Å². The molecule has 1 fully saturated rings. The lowest BCUT2D eigenvalue weighted by Crippen LogP contribution is -2.27. The van der Waals surface area contributed by atoms with E-state index in [1.807, 2.05) is 18.3 Å². The van der Waals surface area contributed by atoms with Crippen LogP contribution in [-0.4, -0.2) is 22.4 Å². The number of fused-ring (bicyclic) bond motifs is 3. The average molecular weight is 241 g/mol. The number of aromatic nitrogens is 2.